The minimum absolute atomic E-state index is 0.0151. The van der Waals surface area contributed by atoms with Crippen molar-refractivity contribution in [1.29, 1.82) is 0 Å². The fourth-order valence-electron chi connectivity index (χ4n) is 3.02. The molecule has 6 heteroatoms. The zero-order valence-corrected chi connectivity index (χ0v) is 12.6. The van der Waals surface area contributed by atoms with Crippen molar-refractivity contribution in [2.45, 2.75) is 25.9 Å². The van der Waals surface area contributed by atoms with E-state index in [9.17, 15) is 9.90 Å². The van der Waals surface area contributed by atoms with Crippen LogP contribution in [0.1, 0.15) is 17.7 Å². The van der Waals surface area contributed by atoms with Gasteiger partial charge in [-0.15, -0.1) is 0 Å². The van der Waals surface area contributed by atoms with Gasteiger partial charge in [-0.2, -0.15) is 0 Å². The lowest BCUT2D eigenvalue weighted by molar-refractivity contribution is -0.135. The van der Waals surface area contributed by atoms with Gasteiger partial charge in [-0.05, 0) is 25.0 Å². The first-order valence-corrected chi connectivity index (χ1v) is 7.58. The fourth-order valence-corrected chi connectivity index (χ4v) is 3.02. The third-order valence-electron chi connectivity index (χ3n) is 4.45. The van der Waals surface area contributed by atoms with Crippen LogP contribution in [0.25, 0.3) is 5.65 Å². The molecule has 0 aromatic carbocycles. The van der Waals surface area contributed by atoms with Crippen LogP contribution in [0.15, 0.2) is 24.5 Å². The fraction of sp³-hybridized carbons (Fsp3) is 0.500. The van der Waals surface area contributed by atoms with Crippen molar-refractivity contribution in [2.75, 3.05) is 19.7 Å². The lowest BCUT2D eigenvalue weighted by atomic mass is 9.94. The Labute approximate surface area is 129 Å². The maximum atomic E-state index is 12.4. The highest BCUT2D eigenvalue weighted by atomic mass is 16.3. The zero-order valence-electron chi connectivity index (χ0n) is 12.6. The number of likely N-dealkylation sites (tertiary alicyclic amines) is 1. The maximum Gasteiger partial charge on any atom is 0.228 e. The van der Waals surface area contributed by atoms with Gasteiger partial charge in [0, 0.05) is 38.0 Å². The second kappa shape index (κ2) is 6.06. The Hall–Kier alpha value is -1.92. The van der Waals surface area contributed by atoms with E-state index in [0.29, 0.717) is 19.5 Å². The van der Waals surface area contributed by atoms with Crippen LogP contribution in [0.2, 0.25) is 0 Å². The summed E-state index contributed by atoms with van der Waals surface area (Å²) in [6.45, 7) is 2.83. The standard InChI is InChI=1S/C16H21N3O3/c1-11-3-2-5-19-13(8-17-16(11)19)7-15(22)18-6-4-12(10-20)14(21)9-18/h2-3,5,8,12,14,20-21H,4,6-7,9-10H2,1H3/t12-,14-/m1/s1. The van der Waals surface area contributed by atoms with E-state index < -0.39 is 6.10 Å². The Morgan fingerprint density at radius 3 is 3.05 bits per heavy atom. The van der Waals surface area contributed by atoms with Crippen molar-refractivity contribution in [3.05, 3.63) is 35.8 Å². The first-order chi connectivity index (χ1) is 10.6. The van der Waals surface area contributed by atoms with E-state index >= 15 is 0 Å². The van der Waals surface area contributed by atoms with Gasteiger partial charge in [-0.1, -0.05) is 6.07 Å². The molecule has 2 atom stereocenters. The van der Waals surface area contributed by atoms with E-state index in [1.807, 2.05) is 29.7 Å². The summed E-state index contributed by atoms with van der Waals surface area (Å²) in [5.41, 5.74) is 2.78. The minimum atomic E-state index is -0.646. The summed E-state index contributed by atoms with van der Waals surface area (Å²) >= 11 is 0. The molecule has 0 bridgehead atoms. The van der Waals surface area contributed by atoms with Gasteiger partial charge in [0.2, 0.25) is 5.91 Å². The number of pyridine rings is 1. The Kier molecular flexibility index (Phi) is 4.13. The number of fused-ring (bicyclic) bond motifs is 1. The molecule has 0 saturated carbocycles. The van der Waals surface area contributed by atoms with Crippen LogP contribution in [0.5, 0.6) is 0 Å². The molecular formula is C16H21N3O3. The number of hydrogen-bond acceptors (Lipinski definition) is 4. The Balaban J connectivity index is 1.73. The number of β-amino-alcohol motifs (C(OH)–C–C–N with tert-alkyl or cyclic N) is 1. The van der Waals surface area contributed by atoms with Gasteiger partial charge in [0.15, 0.2) is 0 Å². The van der Waals surface area contributed by atoms with Gasteiger partial charge in [-0.3, -0.25) is 4.79 Å². The second-order valence-electron chi connectivity index (χ2n) is 5.95. The van der Waals surface area contributed by atoms with E-state index in [1.54, 1.807) is 11.1 Å². The summed E-state index contributed by atoms with van der Waals surface area (Å²) in [5.74, 6) is -0.138. The summed E-state index contributed by atoms with van der Waals surface area (Å²) in [6.07, 6.45) is 3.89. The highest BCUT2D eigenvalue weighted by Gasteiger charge is 2.29. The predicted molar refractivity (Wildman–Crippen MR) is 81.4 cm³/mol. The number of rotatable bonds is 3. The van der Waals surface area contributed by atoms with Crippen molar-refractivity contribution in [3.8, 4) is 0 Å². The summed E-state index contributed by atoms with van der Waals surface area (Å²) in [5, 5.41) is 19.1. The lowest BCUT2D eigenvalue weighted by Crippen LogP contribution is -2.48. The highest BCUT2D eigenvalue weighted by molar-refractivity contribution is 5.78. The monoisotopic (exact) mass is 303 g/mol. The molecule has 1 amide bonds. The molecule has 0 aliphatic carbocycles. The summed E-state index contributed by atoms with van der Waals surface area (Å²) in [7, 11) is 0. The Morgan fingerprint density at radius 2 is 2.32 bits per heavy atom. The Bertz CT molecular complexity index is 682. The molecule has 118 valence electrons. The molecule has 1 aliphatic heterocycles. The summed E-state index contributed by atoms with van der Waals surface area (Å²) in [4.78, 5) is 18.5. The molecular weight excluding hydrogens is 282 g/mol. The van der Waals surface area contributed by atoms with Crippen LogP contribution in [0.4, 0.5) is 0 Å². The number of aryl methyl sites for hydroxylation is 1. The van der Waals surface area contributed by atoms with Crippen LogP contribution in [0, 0.1) is 12.8 Å². The predicted octanol–water partition coefficient (Wildman–Crippen LogP) is 0.387. The van der Waals surface area contributed by atoms with Crippen molar-refractivity contribution in [3.63, 3.8) is 0 Å². The molecule has 0 unspecified atom stereocenters. The lowest BCUT2D eigenvalue weighted by Gasteiger charge is -2.35. The SMILES string of the molecule is Cc1cccn2c(CC(=O)N3CC[C@H](CO)[C@H](O)C3)cnc12. The van der Waals surface area contributed by atoms with Crippen molar-refractivity contribution in [2.24, 2.45) is 5.92 Å². The maximum absolute atomic E-state index is 12.4. The van der Waals surface area contributed by atoms with E-state index in [0.717, 1.165) is 16.9 Å². The van der Waals surface area contributed by atoms with Crippen molar-refractivity contribution >= 4 is 11.6 Å². The normalized spacial score (nSPS) is 22.2. The third-order valence-corrected chi connectivity index (χ3v) is 4.45. The number of imidazole rings is 1. The van der Waals surface area contributed by atoms with E-state index in [2.05, 4.69) is 4.98 Å². The molecule has 1 aliphatic rings. The molecule has 3 heterocycles. The summed E-state index contributed by atoms with van der Waals surface area (Å²) in [6, 6.07) is 3.93. The summed E-state index contributed by atoms with van der Waals surface area (Å²) < 4.78 is 1.93. The van der Waals surface area contributed by atoms with Gasteiger partial charge in [0.05, 0.1) is 18.2 Å². The quantitative estimate of drug-likeness (QED) is 0.860. The number of piperidine rings is 1. The van der Waals surface area contributed by atoms with Gasteiger partial charge in [-0.25, -0.2) is 4.98 Å². The largest absolute Gasteiger partial charge is 0.396 e. The zero-order chi connectivity index (χ0) is 15.7. The molecule has 0 radical (unpaired) electrons. The number of nitrogens with zero attached hydrogens (tertiary/aromatic N) is 3. The van der Waals surface area contributed by atoms with Crippen molar-refractivity contribution in [1.82, 2.24) is 14.3 Å². The minimum Gasteiger partial charge on any atom is -0.396 e. The first-order valence-electron chi connectivity index (χ1n) is 7.58. The number of carbonyl (C=O) groups is 1. The van der Waals surface area contributed by atoms with E-state index in [1.165, 1.54) is 0 Å². The van der Waals surface area contributed by atoms with Crippen LogP contribution in [0.3, 0.4) is 0 Å². The average molecular weight is 303 g/mol. The van der Waals surface area contributed by atoms with E-state index in [-0.39, 0.29) is 24.9 Å². The van der Waals surface area contributed by atoms with Gasteiger partial charge in [0.1, 0.15) is 5.65 Å². The van der Waals surface area contributed by atoms with Crippen LogP contribution < -0.4 is 0 Å². The number of hydrogen-bond donors (Lipinski definition) is 2. The van der Waals surface area contributed by atoms with Crippen LogP contribution in [-0.2, 0) is 11.2 Å². The number of aliphatic hydroxyl groups is 2. The molecule has 0 spiro atoms. The molecule has 22 heavy (non-hydrogen) atoms. The van der Waals surface area contributed by atoms with Gasteiger partial charge >= 0.3 is 0 Å². The molecule has 6 nitrogen and oxygen atoms in total. The molecule has 3 rings (SSSR count). The highest BCUT2D eigenvalue weighted by Crippen LogP contribution is 2.19. The molecule has 2 N–H and O–H groups in total. The number of carbonyl (C=O) groups excluding carboxylic acids is 1. The second-order valence-corrected chi connectivity index (χ2v) is 5.95. The van der Waals surface area contributed by atoms with Crippen LogP contribution >= 0.6 is 0 Å². The van der Waals surface area contributed by atoms with Gasteiger partial charge in [0.25, 0.3) is 0 Å². The van der Waals surface area contributed by atoms with Crippen LogP contribution in [-0.4, -0.2) is 56.2 Å². The van der Waals surface area contributed by atoms with Gasteiger partial charge < -0.3 is 19.5 Å². The molecule has 2 aromatic rings. The Morgan fingerprint density at radius 1 is 1.50 bits per heavy atom. The molecule has 1 fully saturated rings. The molecule has 1 saturated heterocycles. The number of amides is 1. The topological polar surface area (TPSA) is 78.1 Å². The average Bonchev–Trinajstić information content (AvgIpc) is 2.91. The third kappa shape index (κ3) is 2.71. The number of aliphatic hydroxyl groups excluding tert-OH is 2. The smallest absolute Gasteiger partial charge is 0.228 e. The van der Waals surface area contributed by atoms with E-state index in [4.69, 9.17) is 5.11 Å². The first kappa shape index (κ1) is 15.0. The number of aromatic nitrogens is 2. The molecule has 2 aromatic heterocycles. The van der Waals surface area contributed by atoms with Crippen molar-refractivity contribution < 1.29 is 15.0 Å².